The van der Waals surface area contributed by atoms with Crippen molar-refractivity contribution in [1.82, 2.24) is 5.32 Å². The fraction of sp³-hybridized carbons (Fsp3) is 0.467. The van der Waals surface area contributed by atoms with Crippen LogP contribution in [0.1, 0.15) is 52.5 Å². The molecule has 0 aliphatic carbocycles. The lowest BCUT2D eigenvalue weighted by Crippen LogP contribution is -2.37. The van der Waals surface area contributed by atoms with Gasteiger partial charge in [0.25, 0.3) is 0 Å². The van der Waals surface area contributed by atoms with Crippen molar-refractivity contribution in [3.8, 4) is 16.9 Å². The van der Waals surface area contributed by atoms with E-state index in [2.05, 4.69) is 12.2 Å². The van der Waals surface area contributed by atoms with E-state index in [9.17, 15) is 9.59 Å². The van der Waals surface area contributed by atoms with Gasteiger partial charge in [0.1, 0.15) is 12.4 Å². The standard InChI is InChI=1S/C30H42N2O6/c1-6-10-11-17-31-30(34)32(5)25-14-12-13-24(22-25)26-16-15-23(20-27(26)38-19-18-35-7-2)21-28(36-8-3)29(33)37-9-4/h12-16,20-22H,6-11,17-19H2,1-5H3,(H,31,34)/b28-21-. The van der Waals surface area contributed by atoms with Crippen LogP contribution in [0.15, 0.2) is 48.2 Å². The van der Waals surface area contributed by atoms with Crippen molar-refractivity contribution in [1.29, 1.82) is 0 Å². The fourth-order valence-electron chi connectivity index (χ4n) is 3.70. The number of anilines is 1. The number of hydrogen-bond donors (Lipinski definition) is 1. The molecule has 0 aromatic heterocycles. The summed E-state index contributed by atoms with van der Waals surface area (Å²) in [6, 6.07) is 13.3. The van der Waals surface area contributed by atoms with Gasteiger partial charge in [-0.25, -0.2) is 9.59 Å². The molecule has 0 bridgehead atoms. The molecule has 2 aromatic rings. The zero-order valence-corrected chi connectivity index (χ0v) is 23.4. The second-order valence-corrected chi connectivity index (χ2v) is 8.51. The van der Waals surface area contributed by atoms with Gasteiger partial charge >= 0.3 is 12.0 Å². The van der Waals surface area contributed by atoms with Crippen LogP contribution in [0.3, 0.4) is 0 Å². The Morgan fingerprint density at radius 2 is 1.71 bits per heavy atom. The first-order valence-corrected chi connectivity index (χ1v) is 13.4. The van der Waals surface area contributed by atoms with Crippen molar-refractivity contribution in [3.05, 3.63) is 53.8 Å². The second kappa shape index (κ2) is 17.1. The number of amides is 2. The number of ether oxygens (including phenoxy) is 4. The molecule has 0 atom stereocenters. The average molecular weight is 527 g/mol. The van der Waals surface area contributed by atoms with E-state index >= 15 is 0 Å². The van der Waals surface area contributed by atoms with Crippen LogP contribution < -0.4 is 15.0 Å². The molecule has 0 aliphatic heterocycles. The van der Waals surface area contributed by atoms with Crippen molar-refractivity contribution in [3.63, 3.8) is 0 Å². The molecule has 0 heterocycles. The van der Waals surface area contributed by atoms with E-state index in [0.29, 0.717) is 38.7 Å². The number of esters is 1. The lowest BCUT2D eigenvalue weighted by atomic mass is 10.0. The molecule has 2 aromatic carbocycles. The molecule has 0 radical (unpaired) electrons. The number of urea groups is 1. The third-order valence-corrected chi connectivity index (χ3v) is 5.67. The Kier molecular flexibility index (Phi) is 13.8. The summed E-state index contributed by atoms with van der Waals surface area (Å²) in [5, 5.41) is 2.97. The highest BCUT2D eigenvalue weighted by Gasteiger charge is 2.15. The van der Waals surface area contributed by atoms with Gasteiger partial charge in [-0.2, -0.15) is 0 Å². The van der Waals surface area contributed by atoms with Crippen LogP contribution in [0, 0.1) is 0 Å². The maximum absolute atomic E-state index is 12.6. The Hall–Kier alpha value is -3.52. The van der Waals surface area contributed by atoms with Crippen molar-refractivity contribution in [2.75, 3.05) is 51.5 Å². The van der Waals surface area contributed by atoms with Gasteiger partial charge in [-0.1, -0.05) is 44.0 Å². The minimum Gasteiger partial charge on any atom is -0.491 e. The van der Waals surface area contributed by atoms with Crippen LogP contribution in [0.25, 0.3) is 17.2 Å². The minimum atomic E-state index is -0.513. The second-order valence-electron chi connectivity index (χ2n) is 8.51. The molecule has 0 fully saturated rings. The van der Waals surface area contributed by atoms with Crippen LogP contribution in [0.4, 0.5) is 10.5 Å². The average Bonchev–Trinajstić information content (AvgIpc) is 2.93. The van der Waals surface area contributed by atoms with E-state index in [4.69, 9.17) is 18.9 Å². The highest BCUT2D eigenvalue weighted by Crippen LogP contribution is 2.34. The molecule has 2 rings (SSSR count). The predicted octanol–water partition coefficient (Wildman–Crippen LogP) is 6.05. The molecular formula is C30H42N2O6. The molecule has 0 spiro atoms. The molecular weight excluding hydrogens is 484 g/mol. The van der Waals surface area contributed by atoms with Gasteiger partial charge in [-0.15, -0.1) is 0 Å². The number of hydrogen-bond acceptors (Lipinski definition) is 6. The van der Waals surface area contributed by atoms with Crippen molar-refractivity contribution in [2.45, 2.75) is 47.0 Å². The Bertz CT molecular complexity index is 1050. The number of nitrogens with one attached hydrogen (secondary N) is 1. The van der Waals surface area contributed by atoms with E-state index in [0.717, 1.165) is 41.6 Å². The topological polar surface area (TPSA) is 86.3 Å². The van der Waals surface area contributed by atoms with Crippen LogP contribution >= 0.6 is 0 Å². The van der Waals surface area contributed by atoms with Crippen LogP contribution in [0.2, 0.25) is 0 Å². The number of rotatable bonds is 16. The summed E-state index contributed by atoms with van der Waals surface area (Å²) in [7, 11) is 1.76. The smallest absolute Gasteiger partial charge is 0.373 e. The maximum Gasteiger partial charge on any atom is 0.373 e. The lowest BCUT2D eigenvalue weighted by molar-refractivity contribution is -0.142. The largest absolute Gasteiger partial charge is 0.491 e. The van der Waals surface area contributed by atoms with Crippen molar-refractivity contribution >= 4 is 23.8 Å². The molecule has 8 heteroatoms. The van der Waals surface area contributed by atoms with Crippen LogP contribution in [-0.2, 0) is 19.0 Å². The summed E-state index contributed by atoms with van der Waals surface area (Å²) in [5.41, 5.74) is 3.24. The Morgan fingerprint density at radius 3 is 2.42 bits per heavy atom. The Labute approximate surface area is 226 Å². The summed E-state index contributed by atoms with van der Waals surface area (Å²) >= 11 is 0. The summed E-state index contributed by atoms with van der Waals surface area (Å²) in [6.07, 6.45) is 4.80. The number of nitrogens with zero attached hydrogens (tertiary/aromatic N) is 1. The summed E-state index contributed by atoms with van der Waals surface area (Å²) in [5.74, 6) is 0.249. The van der Waals surface area contributed by atoms with Gasteiger partial charge in [0.15, 0.2) is 0 Å². The minimum absolute atomic E-state index is 0.135. The number of carbonyl (C=O) groups is 2. The van der Waals surface area contributed by atoms with Crippen molar-refractivity contribution < 1.29 is 28.5 Å². The van der Waals surface area contributed by atoms with E-state index in [-0.39, 0.29) is 18.4 Å². The molecule has 0 aliphatic rings. The summed E-state index contributed by atoms with van der Waals surface area (Å²) in [4.78, 5) is 26.6. The van der Waals surface area contributed by atoms with Gasteiger partial charge in [0.05, 0.1) is 19.8 Å². The zero-order valence-electron chi connectivity index (χ0n) is 23.4. The zero-order chi connectivity index (χ0) is 27.8. The number of benzene rings is 2. The number of carbonyl (C=O) groups excluding carboxylic acids is 2. The first kappa shape index (κ1) is 30.7. The molecule has 0 saturated carbocycles. The lowest BCUT2D eigenvalue weighted by Gasteiger charge is -2.20. The van der Waals surface area contributed by atoms with Gasteiger partial charge in [-0.05, 0) is 62.6 Å². The van der Waals surface area contributed by atoms with Crippen LogP contribution in [0.5, 0.6) is 5.75 Å². The van der Waals surface area contributed by atoms with Gasteiger partial charge < -0.3 is 24.3 Å². The third kappa shape index (κ3) is 9.74. The Balaban J connectivity index is 2.37. The molecule has 0 saturated heterocycles. The van der Waals surface area contributed by atoms with E-state index in [1.165, 1.54) is 0 Å². The molecule has 8 nitrogen and oxygen atoms in total. The fourth-order valence-corrected chi connectivity index (χ4v) is 3.70. The quantitative estimate of drug-likeness (QED) is 0.124. The third-order valence-electron chi connectivity index (χ3n) is 5.67. The summed E-state index contributed by atoms with van der Waals surface area (Å²) < 4.78 is 22.2. The van der Waals surface area contributed by atoms with Gasteiger partial charge in [0.2, 0.25) is 5.76 Å². The summed E-state index contributed by atoms with van der Waals surface area (Å²) in [6.45, 7) is 10.3. The molecule has 2 amide bonds. The molecule has 0 unspecified atom stereocenters. The first-order valence-electron chi connectivity index (χ1n) is 13.4. The first-order chi connectivity index (χ1) is 18.4. The molecule has 208 valence electrons. The van der Waals surface area contributed by atoms with E-state index in [1.54, 1.807) is 24.9 Å². The SMILES string of the molecule is CCCCCNC(=O)N(C)c1cccc(-c2ccc(/C=C(\OCC)C(=O)OCC)cc2OCCOCC)c1. The van der Waals surface area contributed by atoms with E-state index in [1.807, 2.05) is 56.3 Å². The monoisotopic (exact) mass is 526 g/mol. The Morgan fingerprint density at radius 1 is 0.921 bits per heavy atom. The molecule has 1 N–H and O–H groups in total. The van der Waals surface area contributed by atoms with Gasteiger partial charge in [0, 0.05) is 31.5 Å². The molecule has 38 heavy (non-hydrogen) atoms. The highest BCUT2D eigenvalue weighted by atomic mass is 16.6. The van der Waals surface area contributed by atoms with E-state index < -0.39 is 5.97 Å². The normalized spacial score (nSPS) is 11.1. The van der Waals surface area contributed by atoms with Gasteiger partial charge in [-0.3, -0.25) is 4.90 Å². The maximum atomic E-state index is 12.6. The van der Waals surface area contributed by atoms with Crippen molar-refractivity contribution in [2.24, 2.45) is 0 Å². The van der Waals surface area contributed by atoms with Crippen LogP contribution in [-0.4, -0.2) is 58.6 Å². The number of unbranched alkanes of at least 4 members (excludes halogenated alkanes) is 2. The highest BCUT2D eigenvalue weighted by molar-refractivity contribution is 5.93. The predicted molar refractivity (Wildman–Crippen MR) is 151 cm³/mol.